The van der Waals surface area contributed by atoms with Gasteiger partial charge in [-0.1, -0.05) is 6.92 Å². The summed E-state index contributed by atoms with van der Waals surface area (Å²) in [5.41, 5.74) is 2.07. The van der Waals surface area contributed by atoms with Crippen molar-refractivity contribution in [3.8, 4) is 6.07 Å². The van der Waals surface area contributed by atoms with Crippen molar-refractivity contribution in [2.24, 2.45) is 5.92 Å². The predicted molar refractivity (Wildman–Crippen MR) is 94.9 cm³/mol. The highest BCUT2D eigenvalue weighted by atomic mass is 32.1. The van der Waals surface area contributed by atoms with Gasteiger partial charge in [-0.15, -0.1) is 11.3 Å². The molecule has 1 fully saturated rings. The van der Waals surface area contributed by atoms with Crippen LogP contribution in [0.1, 0.15) is 41.4 Å². The Bertz CT molecular complexity index is 739. The number of likely N-dealkylation sites (tertiary alicyclic amines) is 1. The molecule has 2 heterocycles. The van der Waals surface area contributed by atoms with Gasteiger partial charge >= 0.3 is 0 Å². The molecule has 0 atom stereocenters. The van der Waals surface area contributed by atoms with E-state index >= 15 is 0 Å². The average Bonchev–Trinajstić information content (AvgIpc) is 3.04. The lowest BCUT2D eigenvalue weighted by atomic mass is 9.99. The van der Waals surface area contributed by atoms with E-state index in [1.54, 1.807) is 24.3 Å². The summed E-state index contributed by atoms with van der Waals surface area (Å²) in [6.45, 7) is 5.38. The van der Waals surface area contributed by atoms with Crippen LogP contribution in [-0.4, -0.2) is 28.9 Å². The summed E-state index contributed by atoms with van der Waals surface area (Å²) in [7, 11) is 0. The van der Waals surface area contributed by atoms with Gasteiger partial charge in [0.15, 0.2) is 5.13 Å². The second kappa shape index (κ2) is 7.56. The molecule has 1 aliphatic rings. The Kier molecular flexibility index (Phi) is 5.24. The van der Waals surface area contributed by atoms with Crippen molar-refractivity contribution in [1.29, 1.82) is 5.26 Å². The number of carbonyl (C=O) groups is 1. The summed E-state index contributed by atoms with van der Waals surface area (Å²) in [6, 6.07) is 8.62. The first kappa shape index (κ1) is 16.6. The van der Waals surface area contributed by atoms with Gasteiger partial charge in [-0.2, -0.15) is 5.26 Å². The fourth-order valence-electron chi connectivity index (χ4n) is 2.75. The number of anilines is 1. The van der Waals surface area contributed by atoms with E-state index in [4.69, 9.17) is 5.26 Å². The van der Waals surface area contributed by atoms with E-state index in [9.17, 15) is 4.79 Å². The number of nitrogens with one attached hydrogen (secondary N) is 1. The maximum absolute atomic E-state index is 12.2. The van der Waals surface area contributed by atoms with Crippen LogP contribution in [-0.2, 0) is 6.54 Å². The number of piperidine rings is 1. The molecular weight excluding hydrogens is 320 g/mol. The Morgan fingerprint density at radius 2 is 2.08 bits per heavy atom. The zero-order chi connectivity index (χ0) is 16.9. The smallest absolute Gasteiger partial charge is 0.257 e. The molecule has 3 rings (SSSR count). The van der Waals surface area contributed by atoms with Crippen LogP contribution in [0.5, 0.6) is 0 Å². The highest BCUT2D eigenvalue weighted by Gasteiger charge is 2.17. The number of nitriles is 1. The average molecular weight is 340 g/mol. The molecule has 124 valence electrons. The number of amides is 1. The molecule has 24 heavy (non-hydrogen) atoms. The molecule has 0 spiro atoms. The van der Waals surface area contributed by atoms with Crippen LogP contribution in [0.15, 0.2) is 29.6 Å². The lowest BCUT2D eigenvalue weighted by Crippen LogP contribution is -2.32. The van der Waals surface area contributed by atoms with Crippen LogP contribution in [0.25, 0.3) is 0 Å². The normalized spacial score (nSPS) is 15.8. The van der Waals surface area contributed by atoms with Crippen LogP contribution in [0.3, 0.4) is 0 Å². The zero-order valence-electron chi connectivity index (χ0n) is 13.7. The minimum absolute atomic E-state index is 0.202. The van der Waals surface area contributed by atoms with Gasteiger partial charge in [-0.3, -0.25) is 15.0 Å². The third-order valence-corrected chi connectivity index (χ3v) is 5.12. The number of benzene rings is 1. The van der Waals surface area contributed by atoms with Gasteiger partial charge in [-0.25, -0.2) is 4.98 Å². The summed E-state index contributed by atoms with van der Waals surface area (Å²) in [6.07, 6.45) is 2.48. The number of hydrogen-bond acceptors (Lipinski definition) is 5. The highest BCUT2D eigenvalue weighted by Crippen LogP contribution is 2.21. The first-order valence-electron chi connectivity index (χ1n) is 8.12. The van der Waals surface area contributed by atoms with Crippen LogP contribution >= 0.6 is 11.3 Å². The van der Waals surface area contributed by atoms with Gasteiger partial charge in [0.2, 0.25) is 0 Å². The summed E-state index contributed by atoms with van der Waals surface area (Å²) in [4.78, 5) is 19.1. The molecule has 0 bridgehead atoms. The number of thiazole rings is 1. The van der Waals surface area contributed by atoms with Crippen LogP contribution in [0, 0.1) is 17.2 Å². The molecular formula is C18H20N4OS. The maximum atomic E-state index is 12.2. The van der Waals surface area contributed by atoms with Crippen LogP contribution in [0.4, 0.5) is 5.13 Å². The summed E-state index contributed by atoms with van der Waals surface area (Å²) >= 11 is 1.45. The number of hydrogen-bond donors (Lipinski definition) is 1. The molecule has 0 aliphatic carbocycles. The van der Waals surface area contributed by atoms with Crippen molar-refractivity contribution >= 4 is 22.4 Å². The van der Waals surface area contributed by atoms with Crippen molar-refractivity contribution in [2.45, 2.75) is 26.3 Å². The zero-order valence-corrected chi connectivity index (χ0v) is 14.5. The largest absolute Gasteiger partial charge is 0.298 e. The molecule has 1 aromatic heterocycles. The van der Waals surface area contributed by atoms with Crippen molar-refractivity contribution in [1.82, 2.24) is 9.88 Å². The SMILES string of the molecule is CC1CCN(Cc2csc(NC(=O)c3ccc(C#N)cc3)n2)CC1. The van der Waals surface area contributed by atoms with Gasteiger partial charge in [0.1, 0.15) is 0 Å². The number of aromatic nitrogens is 1. The summed E-state index contributed by atoms with van der Waals surface area (Å²) < 4.78 is 0. The van der Waals surface area contributed by atoms with Crippen molar-refractivity contribution in [3.63, 3.8) is 0 Å². The van der Waals surface area contributed by atoms with E-state index in [2.05, 4.69) is 22.1 Å². The predicted octanol–water partition coefficient (Wildman–Crippen LogP) is 3.50. The first-order chi connectivity index (χ1) is 11.6. The van der Waals surface area contributed by atoms with Gasteiger partial charge in [0, 0.05) is 17.5 Å². The lowest BCUT2D eigenvalue weighted by molar-refractivity contribution is 0.102. The third kappa shape index (κ3) is 4.19. The monoisotopic (exact) mass is 340 g/mol. The molecule has 5 nitrogen and oxygen atoms in total. The van der Waals surface area contributed by atoms with Gasteiger partial charge in [0.25, 0.3) is 5.91 Å². The number of carbonyl (C=O) groups excluding carboxylic acids is 1. The third-order valence-electron chi connectivity index (χ3n) is 4.31. The Morgan fingerprint density at radius 1 is 1.38 bits per heavy atom. The van der Waals surface area contributed by atoms with E-state index < -0.39 is 0 Å². The topological polar surface area (TPSA) is 69.0 Å². The number of rotatable bonds is 4. The lowest BCUT2D eigenvalue weighted by Gasteiger charge is -2.29. The minimum Gasteiger partial charge on any atom is -0.298 e. The van der Waals surface area contributed by atoms with Crippen molar-refractivity contribution in [3.05, 3.63) is 46.5 Å². The molecule has 0 saturated carbocycles. The van der Waals surface area contributed by atoms with E-state index in [0.717, 1.165) is 31.2 Å². The molecule has 0 unspecified atom stereocenters. The minimum atomic E-state index is -0.202. The fourth-order valence-corrected chi connectivity index (χ4v) is 3.45. The number of nitrogens with zero attached hydrogens (tertiary/aromatic N) is 3. The van der Waals surface area contributed by atoms with Crippen LogP contribution in [0.2, 0.25) is 0 Å². The van der Waals surface area contributed by atoms with E-state index in [1.165, 1.54) is 24.2 Å². The summed E-state index contributed by atoms with van der Waals surface area (Å²) in [5, 5.41) is 14.2. The quantitative estimate of drug-likeness (QED) is 0.925. The first-order valence-corrected chi connectivity index (χ1v) is 9.00. The van der Waals surface area contributed by atoms with Gasteiger partial charge in [-0.05, 0) is 56.1 Å². The molecule has 2 aromatic rings. The highest BCUT2D eigenvalue weighted by molar-refractivity contribution is 7.13. The van der Waals surface area contributed by atoms with E-state index in [0.29, 0.717) is 16.3 Å². The van der Waals surface area contributed by atoms with E-state index in [-0.39, 0.29) is 5.91 Å². The maximum Gasteiger partial charge on any atom is 0.257 e. The van der Waals surface area contributed by atoms with E-state index in [1.807, 2.05) is 11.4 Å². The van der Waals surface area contributed by atoms with Gasteiger partial charge < -0.3 is 0 Å². The second-order valence-corrected chi connectivity index (χ2v) is 7.10. The van der Waals surface area contributed by atoms with Crippen molar-refractivity contribution in [2.75, 3.05) is 18.4 Å². The molecule has 6 heteroatoms. The van der Waals surface area contributed by atoms with Crippen LogP contribution < -0.4 is 5.32 Å². The Hall–Kier alpha value is -2.23. The Labute approximate surface area is 145 Å². The molecule has 0 radical (unpaired) electrons. The molecule has 1 amide bonds. The molecule has 1 saturated heterocycles. The standard InChI is InChI=1S/C18H20N4OS/c1-13-6-8-22(9-7-13)11-16-12-24-18(20-16)21-17(23)15-4-2-14(10-19)3-5-15/h2-5,12-13H,6-9,11H2,1H3,(H,20,21,23). The molecule has 1 aliphatic heterocycles. The Morgan fingerprint density at radius 3 is 2.75 bits per heavy atom. The fraction of sp³-hybridized carbons (Fsp3) is 0.389. The van der Waals surface area contributed by atoms with Crippen molar-refractivity contribution < 1.29 is 4.79 Å². The Balaban J connectivity index is 1.57. The van der Waals surface area contributed by atoms with Gasteiger partial charge in [0.05, 0.1) is 17.3 Å². The summed E-state index contributed by atoms with van der Waals surface area (Å²) in [5.74, 6) is 0.617. The second-order valence-electron chi connectivity index (χ2n) is 6.25. The molecule has 1 aromatic carbocycles. The molecule has 1 N–H and O–H groups in total.